The van der Waals surface area contributed by atoms with Gasteiger partial charge in [-0.25, -0.2) is 4.68 Å². The molecular weight excluding hydrogens is 264 g/mol. The number of carbonyl (C=O) groups excluding carboxylic acids is 1. The average molecular weight is 277 g/mol. The van der Waals surface area contributed by atoms with Crippen molar-refractivity contribution in [1.29, 1.82) is 0 Å². The summed E-state index contributed by atoms with van der Waals surface area (Å²) in [4.78, 5) is 11.1. The van der Waals surface area contributed by atoms with E-state index in [4.69, 9.17) is 16.3 Å². The van der Waals surface area contributed by atoms with Crippen molar-refractivity contribution >= 4 is 17.9 Å². The van der Waals surface area contributed by atoms with E-state index in [-0.39, 0.29) is 0 Å². The Kier molecular flexibility index (Phi) is 3.03. The fourth-order valence-corrected chi connectivity index (χ4v) is 2.40. The average Bonchev–Trinajstić information content (AvgIpc) is 3.19. The number of hydrogen-bond acceptors (Lipinski definition) is 3. The molecule has 1 aliphatic rings. The van der Waals surface area contributed by atoms with Crippen LogP contribution in [0.25, 0.3) is 5.69 Å². The second-order valence-corrected chi connectivity index (χ2v) is 5.01. The molecule has 1 aliphatic carbocycles. The summed E-state index contributed by atoms with van der Waals surface area (Å²) in [5, 5.41) is 4.89. The predicted octanol–water partition coefficient (Wildman–Crippen LogP) is 3.22. The smallest absolute Gasteiger partial charge is 0.153 e. The molecule has 1 heterocycles. The highest BCUT2D eigenvalue weighted by Crippen LogP contribution is 2.42. The van der Waals surface area contributed by atoms with Crippen LogP contribution < -0.4 is 4.74 Å². The molecule has 0 atom stereocenters. The van der Waals surface area contributed by atoms with Gasteiger partial charge >= 0.3 is 0 Å². The standard InChI is InChI=1S/C14H13ClN2O2/c1-19-11-4-5-12(15)13(6-11)17-14(9-2-3-9)10(8-18)7-16-17/h4-9H,2-3H2,1H3. The van der Waals surface area contributed by atoms with E-state index in [2.05, 4.69) is 5.10 Å². The molecule has 5 heteroatoms. The van der Waals surface area contributed by atoms with Gasteiger partial charge in [0.2, 0.25) is 0 Å². The lowest BCUT2D eigenvalue weighted by molar-refractivity contribution is 0.112. The summed E-state index contributed by atoms with van der Waals surface area (Å²) in [6, 6.07) is 5.40. The maximum atomic E-state index is 11.1. The summed E-state index contributed by atoms with van der Waals surface area (Å²) >= 11 is 6.23. The second kappa shape index (κ2) is 4.70. The van der Waals surface area contributed by atoms with Gasteiger partial charge in [0.15, 0.2) is 6.29 Å². The monoisotopic (exact) mass is 276 g/mol. The summed E-state index contributed by atoms with van der Waals surface area (Å²) in [5.41, 5.74) is 2.34. The van der Waals surface area contributed by atoms with Crippen LogP contribution in [0.4, 0.5) is 0 Å². The van der Waals surface area contributed by atoms with E-state index in [0.717, 1.165) is 30.5 Å². The summed E-state index contributed by atoms with van der Waals surface area (Å²) < 4.78 is 6.97. The number of hydrogen-bond donors (Lipinski definition) is 0. The van der Waals surface area contributed by atoms with Crippen LogP contribution in [0.15, 0.2) is 24.4 Å². The lowest BCUT2D eigenvalue weighted by Crippen LogP contribution is -2.03. The van der Waals surface area contributed by atoms with Crippen molar-refractivity contribution in [3.05, 3.63) is 40.7 Å². The topological polar surface area (TPSA) is 44.1 Å². The fourth-order valence-electron chi connectivity index (χ4n) is 2.20. The lowest BCUT2D eigenvalue weighted by Gasteiger charge is -2.10. The van der Waals surface area contributed by atoms with Crippen molar-refractivity contribution in [2.24, 2.45) is 0 Å². The zero-order chi connectivity index (χ0) is 13.4. The molecule has 0 saturated heterocycles. The molecule has 1 fully saturated rings. The Labute approximate surface area is 115 Å². The Morgan fingerprint density at radius 1 is 1.47 bits per heavy atom. The predicted molar refractivity (Wildman–Crippen MR) is 72.5 cm³/mol. The molecule has 0 amide bonds. The molecular formula is C14H13ClN2O2. The number of nitrogens with zero attached hydrogens (tertiary/aromatic N) is 2. The van der Waals surface area contributed by atoms with Crippen molar-refractivity contribution in [2.75, 3.05) is 7.11 Å². The number of aromatic nitrogens is 2. The normalized spacial score (nSPS) is 14.4. The minimum Gasteiger partial charge on any atom is -0.497 e. The number of benzene rings is 1. The van der Waals surface area contributed by atoms with Crippen LogP contribution in [0.1, 0.15) is 34.8 Å². The molecule has 0 unspecified atom stereocenters. The zero-order valence-electron chi connectivity index (χ0n) is 10.5. The number of ether oxygens (including phenoxy) is 1. The molecule has 0 N–H and O–H groups in total. The van der Waals surface area contributed by atoms with Gasteiger partial charge in [0.05, 0.1) is 35.3 Å². The highest BCUT2D eigenvalue weighted by Gasteiger charge is 2.31. The molecule has 1 aromatic carbocycles. The molecule has 3 rings (SSSR count). The van der Waals surface area contributed by atoms with E-state index in [1.54, 1.807) is 30.1 Å². The van der Waals surface area contributed by atoms with Crippen LogP contribution in [0, 0.1) is 0 Å². The van der Waals surface area contributed by atoms with Crippen molar-refractivity contribution in [1.82, 2.24) is 9.78 Å². The molecule has 1 saturated carbocycles. The maximum absolute atomic E-state index is 11.1. The van der Waals surface area contributed by atoms with E-state index < -0.39 is 0 Å². The van der Waals surface area contributed by atoms with Gasteiger partial charge in [0, 0.05) is 12.0 Å². The summed E-state index contributed by atoms with van der Waals surface area (Å²) in [6.45, 7) is 0. The number of carbonyl (C=O) groups is 1. The Morgan fingerprint density at radius 3 is 2.89 bits per heavy atom. The largest absolute Gasteiger partial charge is 0.497 e. The van der Waals surface area contributed by atoms with Gasteiger partial charge in [-0.1, -0.05) is 11.6 Å². The first kappa shape index (κ1) is 12.2. The minimum absolute atomic E-state index is 0.407. The highest BCUT2D eigenvalue weighted by molar-refractivity contribution is 6.32. The molecule has 0 spiro atoms. The fraction of sp³-hybridized carbons (Fsp3) is 0.286. The van der Waals surface area contributed by atoms with Gasteiger partial charge in [0.1, 0.15) is 5.75 Å². The van der Waals surface area contributed by atoms with Crippen molar-refractivity contribution in [2.45, 2.75) is 18.8 Å². The molecule has 0 aliphatic heterocycles. The molecule has 1 aromatic heterocycles. The summed E-state index contributed by atoms with van der Waals surface area (Å²) in [7, 11) is 1.61. The zero-order valence-corrected chi connectivity index (χ0v) is 11.2. The van der Waals surface area contributed by atoms with Crippen molar-refractivity contribution < 1.29 is 9.53 Å². The quantitative estimate of drug-likeness (QED) is 0.806. The lowest BCUT2D eigenvalue weighted by atomic mass is 10.2. The van der Waals surface area contributed by atoms with E-state index >= 15 is 0 Å². The molecule has 0 radical (unpaired) electrons. The third-order valence-corrected chi connectivity index (χ3v) is 3.63. The Bertz CT molecular complexity index is 632. The highest BCUT2D eigenvalue weighted by atomic mass is 35.5. The van der Waals surface area contributed by atoms with Crippen molar-refractivity contribution in [3.8, 4) is 11.4 Å². The van der Waals surface area contributed by atoms with Crippen LogP contribution in [0.5, 0.6) is 5.75 Å². The van der Waals surface area contributed by atoms with E-state index in [1.165, 1.54) is 0 Å². The van der Waals surface area contributed by atoms with Crippen LogP contribution in [0.3, 0.4) is 0 Å². The first-order valence-electron chi connectivity index (χ1n) is 6.11. The van der Waals surface area contributed by atoms with E-state index in [9.17, 15) is 4.79 Å². The van der Waals surface area contributed by atoms with E-state index in [0.29, 0.717) is 22.3 Å². The molecule has 19 heavy (non-hydrogen) atoms. The molecule has 0 bridgehead atoms. The van der Waals surface area contributed by atoms with Gasteiger partial charge in [-0.3, -0.25) is 4.79 Å². The summed E-state index contributed by atoms with van der Waals surface area (Å²) in [5.74, 6) is 1.12. The van der Waals surface area contributed by atoms with E-state index in [1.807, 2.05) is 6.07 Å². The van der Waals surface area contributed by atoms with Crippen LogP contribution in [-0.4, -0.2) is 23.2 Å². The van der Waals surface area contributed by atoms with Gasteiger partial charge in [-0.05, 0) is 25.0 Å². The number of rotatable bonds is 4. The number of aldehydes is 1. The summed E-state index contributed by atoms with van der Waals surface area (Å²) in [6.07, 6.45) is 4.63. The third kappa shape index (κ3) is 2.12. The third-order valence-electron chi connectivity index (χ3n) is 3.31. The molecule has 2 aromatic rings. The minimum atomic E-state index is 0.407. The first-order valence-corrected chi connectivity index (χ1v) is 6.49. The van der Waals surface area contributed by atoms with Gasteiger partial charge < -0.3 is 4.74 Å². The van der Waals surface area contributed by atoms with Gasteiger partial charge in [-0.15, -0.1) is 0 Å². The number of halogens is 1. The van der Waals surface area contributed by atoms with Crippen LogP contribution in [-0.2, 0) is 0 Å². The van der Waals surface area contributed by atoms with Gasteiger partial charge in [-0.2, -0.15) is 5.10 Å². The van der Waals surface area contributed by atoms with Crippen LogP contribution in [0.2, 0.25) is 5.02 Å². The van der Waals surface area contributed by atoms with Crippen LogP contribution >= 0.6 is 11.6 Å². The second-order valence-electron chi connectivity index (χ2n) is 4.61. The molecule has 4 nitrogen and oxygen atoms in total. The molecule has 98 valence electrons. The Balaban J connectivity index is 2.16. The maximum Gasteiger partial charge on any atom is 0.153 e. The Hall–Kier alpha value is -1.81. The SMILES string of the molecule is COc1ccc(Cl)c(-n2ncc(C=O)c2C2CC2)c1. The first-order chi connectivity index (χ1) is 9.24. The van der Waals surface area contributed by atoms with Gasteiger partial charge in [0.25, 0.3) is 0 Å². The van der Waals surface area contributed by atoms with Crippen molar-refractivity contribution in [3.63, 3.8) is 0 Å². The Morgan fingerprint density at radius 2 is 2.26 bits per heavy atom. The number of methoxy groups -OCH3 is 1.